The smallest absolute Gasteiger partial charge is 0.0725 e. The Hall–Kier alpha value is -8.00. The summed E-state index contributed by atoms with van der Waals surface area (Å²) in [5.74, 6) is 0. The Bertz CT molecular complexity index is 3510. The van der Waals surface area contributed by atoms with Crippen LogP contribution < -0.4 is 4.90 Å². The van der Waals surface area contributed by atoms with Crippen molar-refractivity contribution in [3.05, 3.63) is 270 Å². The summed E-state index contributed by atoms with van der Waals surface area (Å²) in [5, 5.41) is 7.55. The number of benzene rings is 11. The minimum Gasteiger partial charge on any atom is -0.309 e. The van der Waals surface area contributed by atoms with Gasteiger partial charge in [-0.25, -0.2) is 0 Å². The number of rotatable bonds is 4. The topological polar surface area (TPSA) is 3.24 Å². The summed E-state index contributed by atoms with van der Waals surface area (Å²) >= 11 is 0. The van der Waals surface area contributed by atoms with E-state index in [-0.39, 0.29) is 0 Å². The third-order valence-corrected chi connectivity index (χ3v) is 13.9. The van der Waals surface area contributed by atoms with Crippen LogP contribution in [0, 0.1) is 0 Å². The van der Waals surface area contributed by atoms with Crippen LogP contribution in [0.3, 0.4) is 0 Å². The predicted molar refractivity (Wildman–Crippen MR) is 265 cm³/mol. The van der Waals surface area contributed by atoms with Crippen LogP contribution in [-0.2, 0) is 11.8 Å². The zero-order chi connectivity index (χ0) is 41.5. The van der Waals surface area contributed by atoms with Gasteiger partial charge in [0.05, 0.1) is 16.8 Å². The normalized spacial score (nSPS) is 13.1. The molecule has 0 amide bonds. The average Bonchev–Trinajstić information content (AvgIpc) is 3.35. The fourth-order valence-electron chi connectivity index (χ4n) is 11.3. The van der Waals surface area contributed by atoms with Crippen LogP contribution in [0.2, 0.25) is 0 Å². The van der Waals surface area contributed by atoms with Crippen molar-refractivity contribution in [3.8, 4) is 33.4 Å². The second-order valence-electron chi connectivity index (χ2n) is 17.1. The van der Waals surface area contributed by atoms with Gasteiger partial charge < -0.3 is 4.90 Å². The van der Waals surface area contributed by atoms with E-state index in [4.69, 9.17) is 0 Å². The van der Waals surface area contributed by atoms with Gasteiger partial charge in [0, 0.05) is 16.6 Å². The van der Waals surface area contributed by atoms with Crippen molar-refractivity contribution in [2.75, 3.05) is 4.90 Å². The molecule has 1 spiro atoms. The van der Waals surface area contributed by atoms with Gasteiger partial charge in [0.25, 0.3) is 0 Å². The Morgan fingerprint density at radius 1 is 0.317 bits per heavy atom. The molecule has 294 valence electrons. The lowest BCUT2D eigenvalue weighted by Crippen LogP contribution is -2.39. The highest BCUT2D eigenvalue weighted by molar-refractivity contribution is 6.13. The molecule has 2 aliphatic rings. The van der Waals surface area contributed by atoms with Crippen LogP contribution in [0.1, 0.15) is 33.4 Å². The molecular formula is C62H41N. The molecule has 0 saturated heterocycles. The molecule has 0 aliphatic heterocycles. The third kappa shape index (κ3) is 5.24. The molecule has 0 heterocycles. The van der Waals surface area contributed by atoms with Gasteiger partial charge in [-0.15, -0.1) is 0 Å². The number of hydrogen-bond donors (Lipinski definition) is 0. The van der Waals surface area contributed by atoms with E-state index in [1.54, 1.807) is 0 Å². The van der Waals surface area contributed by atoms with Gasteiger partial charge in [0.1, 0.15) is 0 Å². The molecular weight excluding hydrogens is 759 g/mol. The number of para-hydroxylation sites is 1. The van der Waals surface area contributed by atoms with Gasteiger partial charge in [-0.1, -0.05) is 212 Å². The molecule has 13 rings (SSSR count). The van der Waals surface area contributed by atoms with Gasteiger partial charge in [0.15, 0.2) is 0 Å². The average molecular weight is 800 g/mol. The summed E-state index contributed by atoms with van der Waals surface area (Å²) in [6, 6.07) is 88.4. The molecule has 0 radical (unpaired) electrons. The fourth-order valence-corrected chi connectivity index (χ4v) is 11.3. The summed E-state index contributed by atoms with van der Waals surface area (Å²) in [6.07, 6.45) is 0.863. The molecule has 0 N–H and O–H groups in total. The van der Waals surface area contributed by atoms with E-state index in [0.29, 0.717) is 0 Å². The molecule has 0 fully saturated rings. The summed E-state index contributed by atoms with van der Waals surface area (Å²) in [7, 11) is 0. The van der Waals surface area contributed by atoms with E-state index in [1.807, 2.05) is 0 Å². The minimum absolute atomic E-state index is 0.521. The number of anilines is 3. The first-order chi connectivity index (χ1) is 31.3. The molecule has 63 heavy (non-hydrogen) atoms. The van der Waals surface area contributed by atoms with E-state index >= 15 is 0 Å². The maximum Gasteiger partial charge on any atom is 0.0725 e. The Labute approximate surface area is 367 Å². The molecule has 1 nitrogen and oxygen atoms in total. The Morgan fingerprint density at radius 3 is 1.57 bits per heavy atom. The predicted octanol–water partition coefficient (Wildman–Crippen LogP) is 16.2. The van der Waals surface area contributed by atoms with Gasteiger partial charge in [-0.3, -0.25) is 0 Å². The zero-order valence-electron chi connectivity index (χ0n) is 34.7. The highest BCUT2D eigenvalue weighted by atomic mass is 15.1. The molecule has 0 saturated carbocycles. The van der Waals surface area contributed by atoms with Crippen molar-refractivity contribution in [1.82, 2.24) is 0 Å². The van der Waals surface area contributed by atoms with Crippen LogP contribution in [0.25, 0.3) is 65.7 Å². The molecule has 0 atom stereocenters. The third-order valence-electron chi connectivity index (χ3n) is 13.9. The first kappa shape index (κ1) is 35.7. The lowest BCUT2D eigenvalue weighted by molar-refractivity contribution is 0.726. The highest BCUT2D eigenvalue weighted by Gasteiger charge is 2.50. The van der Waals surface area contributed by atoms with E-state index in [9.17, 15) is 0 Å². The van der Waals surface area contributed by atoms with Crippen molar-refractivity contribution < 1.29 is 0 Å². The van der Waals surface area contributed by atoms with Crippen LogP contribution in [0.4, 0.5) is 17.1 Å². The molecule has 0 unspecified atom stereocenters. The molecule has 0 aromatic heterocycles. The number of fused-ring (bicyclic) bond motifs is 13. The van der Waals surface area contributed by atoms with E-state index < -0.39 is 5.41 Å². The maximum atomic E-state index is 2.51. The molecule has 2 aliphatic carbocycles. The molecule has 0 bridgehead atoms. The van der Waals surface area contributed by atoms with Gasteiger partial charge >= 0.3 is 0 Å². The molecule has 11 aromatic carbocycles. The standard InChI is InChI=1S/C62H41N/c1-2-17-41(18-3-1)50-25-12-15-32-59(50)63(46-36-35-43-34-33-42-19-4-7-22-47(42)54(43)40-46)60-38-37-58-61-53(60)28-16-31-57(61)62(58)55-29-13-10-26-51(55)48-23-8-5-20-44(48)39-45-21-6-9-24-49(45)52-27-11-14-30-56(52)62/h1-38,40H,39H2. The zero-order valence-corrected chi connectivity index (χ0v) is 34.7. The van der Waals surface area contributed by atoms with Crippen molar-refractivity contribution in [3.63, 3.8) is 0 Å². The Balaban J connectivity index is 1.11. The summed E-state index contributed by atoms with van der Waals surface area (Å²) in [4.78, 5) is 2.51. The Morgan fingerprint density at radius 2 is 0.841 bits per heavy atom. The summed E-state index contributed by atoms with van der Waals surface area (Å²) in [5.41, 5.74) is 18.5. The van der Waals surface area contributed by atoms with E-state index in [0.717, 1.165) is 23.5 Å². The van der Waals surface area contributed by atoms with Crippen molar-refractivity contribution in [2.24, 2.45) is 0 Å². The second kappa shape index (κ2) is 14.0. The van der Waals surface area contributed by atoms with Crippen molar-refractivity contribution in [1.29, 1.82) is 0 Å². The van der Waals surface area contributed by atoms with Crippen LogP contribution in [0.15, 0.2) is 237 Å². The molecule has 11 aromatic rings. The summed E-state index contributed by atoms with van der Waals surface area (Å²) < 4.78 is 0. The summed E-state index contributed by atoms with van der Waals surface area (Å²) in [6.45, 7) is 0. The van der Waals surface area contributed by atoms with Crippen LogP contribution in [0.5, 0.6) is 0 Å². The van der Waals surface area contributed by atoms with E-state index in [2.05, 4.69) is 241 Å². The SMILES string of the molecule is c1ccc(-c2ccccc2N(c2ccc3ccc4ccccc4c3c2)c2ccc3c4c(cccc24)C32c3ccccc3-c3ccccc3Cc3ccccc3-c3ccccc32)cc1. The number of nitrogens with zero attached hydrogens (tertiary/aromatic N) is 1. The van der Waals surface area contributed by atoms with Crippen LogP contribution >= 0.6 is 0 Å². The largest absolute Gasteiger partial charge is 0.309 e. The Kier molecular flexibility index (Phi) is 7.95. The maximum absolute atomic E-state index is 2.51. The lowest BCUT2D eigenvalue weighted by atomic mass is 9.53. The van der Waals surface area contributed by atoms with Gasteiger partial charge in [0.2, 0.25) is 0 Å². The fraction of sp³-hybridized carbons (Fsp3) is 0.0323. The first-order valence-corrected chi connectivity index (χ1v) is 22.1. The van der Waals surface area contributed by atoms with E-state index in [1.165, 1.54) is 99.1 Å². The highest BCUT2D eigenvalue weighted by Crippen LogP contribution is 2.62. The second-order valence-corrected chi connectivity index (χ2v) is 17.1. The van der Waals surface area contributed by atoms with Crippen molar-refractivity contribution in [2.45, 2.75) is 11.8 Å². The van der Waals surface area contributed by atoms with Crippen molar-refractivity contribution >= 4 is 49.4 Å². The van der Waals surface area contributed by atoms with Crippen LogP contribution in [-0.4, -0.2) is 0 Å². The van der Waals surface area contributed by atoms with Gasteiger partial charge in [-0.05, 0) is 119 Å². The monoisotopic (exact) mass is 799 g/mol. The quantitative estimate of drug-likeness (QED) is 0.160. The molecule has 1 heteroatoms. The minimum atomic E-state index is -0.521. The number of hydrogen-bond acceptors (Lipinski definition) is 1. The van der Waals surface area contributed by atoms with Gasteiger partial charge in [-0.2, -0.15) is 0 Å². The first-order valence-electron chi connectivity index (χ1n) is 22.1. The lowest BCUT2D eigenvalue weighted by Gasteiger charge is -2.48.